The first-order chi connectivity index (χ1) is 36.0. The average Bonchev–Trinajstić information content (AvgIpc) is 3.97. The number of fused-ring (bicyclic) bond motifs is 2. The van der Waals surface area contributed by atoms with Crippen LogP contribution < -0.4 is 20.4 Å². The van der Waals surface area contributed by atoms with Gasteiger partial charge in [0.15, 0.2) is 0 Å². The molecular weight excluding hydrogens is 981 g/mol. The molecule has 3 aliphatic rings. The minimum absolute atomic E-state index is 0.0164. The molecular formula is C55H58N8O11S. The molecule has 0 radical (unpaired) electrons. The summed E-state index contributed by atoms with van der Waals surface area (Å²) in [6.07, 6.45) is -0.758. The Balaban J connectivity index is 0.000000205. The third-order valence-corrected chi connectivity index (χ3v) is 13.2. The van der Waals surface area contributed by atoms with E-state index in [1.54, 1.807) is 71.6 Å². The van der Waals surface area contributed by atoms with E-state index in [-0.39, 0.29) is 48.9 Å². The fraction of sp³-hybridized carbons (Fsp3) is 0.291. The van der Waals surface area contributed by atoms with Crippen molar-refractivity contribution < 1.29 is 50.8 Å². The van der Waals surface area contributed by atoms with Gasteiger partial charge in [-0.05, 0) is 96.1 Å². The topological polar surface area (TPSA) is 241 Å². The molecule has 6 aromatic rings. The Morgan fingerprint density at radius 3 is 1.55 bits per heavy atom. The molecule has 390 valence electrons. The Labute approximate surface area is 434 Å². The number of nitrogens with zero attached hydrogens (tertiary/aromatic N) is 4. The second-order valence-electron chi connectivity index (χ2n) is 18.5. The SMILES string of the molecule is CC(C)OC(=O)CCN1CCN(CC2CN(c3ccc(C(=N)NC(=O)c4cccc5ccccc45)cc3)C(=O)O2)CC1.CS(=O)(=O)OCC1CN(c2ccc(C(=N)NC(=O)c3cccc4ccccc34)cc2)C(=O)O1. The van der Waals surface area contributed by atoms with Crippen LogP contribution in [0.25, 0.3) is 21.5 Å². The monoisotopic (exact) mass is 1040 g/mol. The van der Waals surface area contributed by atoms with Gasteiger partial charge >= 0.3 is 18.2 Å². The van der Waals surface area contributed by atoms with Gasteiger partial charge in [0.2, 0.25) is 0 Å². The van der Waals surface area contributed by atoms with E-state index in [9.17, 15) is 32.4 Å². The largest absolute Gasteiger partial charge is 0.463 e. The lowest BCUT2D eigenvalue weighted by molar-refractivity contribution is -0.147. The lowest BCUT2D eigenvalue weighted by atomic mass is 10.0. The number of carbonyl (C=O) groups is 5. The van der Waals surface area contributed by atoms with Gasteiger partial charge in [-0.25, -0.2) is 9.59 Å². The molecule has 3 heterocycles. The molecule has 0 aliphatic carbocycles. The average molecular weight is 1040 g/mol. The molecule has 2 unspecified atom stereocenters. The third-order valence-electron chi connectivity index (χ3n) is 12.6. The van der Waals surface area contributed by atoms with Crippen LogP contribution in [0.5, 0.6) is 0 Å². The Morgan fingerprint density at radius 2 is 1.07 bits per heavy atom. The van der Waals surface area contributed by atoms with E-state index in [0.717, 1.165) is 54.0 Å². The number of piperazine rings is 1. The maximum absolute atomic E-state index is 12.9. The Bertz CT molecular complexity index is 3210. The smallest absolute Gasteiger partial charge is 0.414 e. The predicted molar refractivity (Wildman–Crippen MR) is 284 cm³/mol. The summed E-state index contributed by atoms with van der Waals surface area (Å²) in [5.74, 6) is -1.000. The molecule has 19 nitrogen and oxygen atoms in total. The van der Waals surface area contributed by atoms with Crippen molar-refractivity contribution in [3.63, 3.8) is 0 Å². The van der Waals surface area contributed by atoms with E-state index < -0.39 is 34.3 Å². The fourth-order valence-corrected chi connectivity index (χ4v) is 9.27. The number of nitrogens with one attached hydrogen (secondary N) is 4. The van der Waals surface area contributed by atoms with Gasteiger partial charge in [0.25, 0.3) is 21.9 Å². The molecule has 0 saturated carbocycles. The molecule has 0 aromatic heterocycles. The van der Waals surface area contributed by atoms with Crippen molar-refractivity contribution in [2.45, 2.75) is 38.6 Å². The molecule has 75 heavy (non-hydrogen) atoms. The highest BCUT2D eigenvalue weighted by Crippen LogP contribution is 2.26. The quantitative estimate of drug-likeness (QED) is 0.0273. The zero-order chi connectivity index (χ0) is 53.2. The normalized spacial score (nSPS) is 17.0. The minimum atomic E-state index is -3.64. The Kier molecular flexibility index (Phi) is 17.0. The number of esters is 1. The first kappa shape index (κ1) is 53.3. The van der Waals surface area contributed by atoms with Crippen molar-refractivity contribution in [3.8, 4) is 0 Å². The van der Waals surface area contributed by atoms with E-state index in [4.69, 9.17) is 29.2 Å². The summed E-state index contributed by atoms with van der Waals surface area (Å²) >= 11 is 0. The van der Waals surface area contributed by atoms with Crippen LogP contribution in [-0.2, 0) is 33.3 Å². The van der Waals surface area contributed by atoms with Crippen molar-refractivity contribution in [3.05, 3.63) is 156 Å². The summed E-state index contributed by atoms with van der Waals surface area (Å²) in [5, 5.41) is 25.5. The predicted octanol–water partition coefficient (Wildman–Crippen LogP) is 6.78. The molecule has 4 amide bonds. The van der Waals surface area contributed by atoms with E-state index >= 15 is 0 Å². The van der Waals surface area contributed by atoms with Crippen LogP contribution in [0, 0.1) is 10.8 Å². The van der Waals surface area contributed by atoms with Gasteiger partial charge in [0, 0.05) is 72.9 Å². The molecule has 3 fully saturated rings. The van der Waals surface area contributed by atoms with Crippen LogP contribution in [0.3, 0.4) is 0 Å². The standard InChI is InChI=1S/C32H37N5O5.C23H21N3O6S/c1-22(2)41-29(38)14-15-35-16-18-36(19-17-35)20-26-21-37(32(40)42-26)25-12-10-24(11-13-25)30(33)34-31(39)28-9-5-7-23-6-3-4-8-27(23)28;1-33(29,30)31-14-18-13-26(23(28)32-18)17-11-9-16(10-12-17)21(24)25-22(27)20-8-4-6-15-5-2-3-7-19(15)20/h3-13,22,26H,14-21H2,1-2H3,(H2,33,34,39);2-12,18H,13-14H2,1H3,(H2,24,25,27). The van der Waals surface area contributed by atoms with Gasteiger partial charge in [0.05, 0.1) is 31.9 Å². The number of benzene rings is 6. The highest BCUT2D eigenvalue weighted by molar-refractivity contribution is 7.86. The molecule has 9 rings (SSSR count). The number of rotatable bonds is 15. The molecule has 0 spiro atoms. The summed E-state index contributed by atoms with van der Waals surface area (Å²) in [4.78, 5) is 69.8. The second-order valence-corrected chi connectivity index (χ2v) is 20.1. The zero-order valence-electron chi connectivity index (χ0n) is 41.7. The van der Waals surface area contributed by atoms with Gasteiger partial charge in [-0.3, -0.25) is 44.1 Å². The molecule has 4 N–H and O–H groups in total. The number of hydrogen-bond acceptors (Lipinski definition) is 15. The fourth-order valence-electron chi connectivity index (χ4n) is 8.87. The van der Waals surface area contributed by atoms with Gasteiger partial charge in [-0.2, -0.15) is 8.42 Å². The maximum atomic E-state index is 12.9. The Morgan fingerprint density at radius 1 is 0.627 bits per heavy atom. The summed E-state index contributed by atoms with van der Waals surface area (Å²) in [5.41, 5.74) is 3.16. The molecule has 20 heteroatoms. The lowest BCUT2D eigenvalue weighted by Crippen LogP contribution is -2.49. The Hall–Kier alpha value is -8.04. The second kappa shape index (κ2) is 23.9. The molecule has 6 aromatic carbocycles. The van der Waals surface area contributed by atoms with E-state index in [0.29, 0.717) is 59.7 Å². The third kappa shape index (κ3) is 14.0. The lowest BCUT2D eigenvalue weighted by Gasteiger charge is -2.35. The number of cyclic esters (lactones) is 2. The first-order valence-electron chi connectivity index (χ1n) is 24.4. The number of anilines is 2. The highest BCUT2D eigenvalue weighted by Gasteiger charge is 2.35. The van der Waals surface area contributed by atoms with Crippen molar-refractivity contribution in [1.82, 2.24) is 20.4 Å². The van der Waals surface area contributed by atoms with Crippen molar-refractivity contribution in [1.29, 1.82) is 10.8 Å². The summed E-state index contributed by atoms with van der Waals surface area (Å²) < 4.78 is 43.0. The highest BCUT2D eigenvalue weighted by atomic mass is 32.2. The van der Waals surface area contributed by atoms with Crippen molar-refractivity contribution >= 4 is 84.7 Å². The van der Waals surface area contributed by atoms with Crippen LogP contribution >= 0.6 is 0 Å². The maximum Gasteiger partial charge on any atom is 0.414 e. The van der Waals surface area contributed by atoms with E-state index in [2.05, 4.69) is 20.4 Å². The van der Waals surface area contributed by atoms with Crippen LogP contribution in [-0.4, -0.2) is 143 Å². The number of amidine groups is 2. The number of ether oxygens (including phenoxy) is 3. The van der Waals surface area contributed by atoms with Gasteiger partial charge in [-0.1, -0.05) is 72.8 Å². The first-order valence-corrected chi connectivity index (χ1v) is 26.2. The van der Waals surface area contributed by atoms with Crippen LogP contribution in [0.1, 0.15) is 52.1 Å². The van der Waals surface area contributed by atoms with Crippen LogP contribution in [0.2, 0.25) is 0 Å². The van der Waals surface area contributed by atoms with Crippen molar-refractivity contribution in [2.24, 2.45) is 0 Å². The van der Waals surface area contributed by atoms with E-state index in [1.165, 1.54) is 4.90 Å². The van der Waals surface area contributed by atoms with Crippen LogP contribution in [0.15, 0.2) is 133 Å². The number of carbonyl (C=O) groups excluding carboxylic acids is 5. The minimum Gasteiger partial charge on any atom is -0.463 e. The zero-order valence-corrected chi connectivity index (χ0v) is 42.5. The molecule has 0 bridgehead atoms. The van der Waals surface area contributed by atoms with Crippen molar-refractivity contribution in [2.75, 3.05) is 75.0 Å². The summed E-state index contributed by atoms with van der Waals surface area (Å²) in [6.45, 7) is 8.73. The summed E-state index contributed by atoms with van der Waals surface area (Å²) in [7, 11) is -3.64. The van der Waals surface area contributed by atoms with E-state index in [1.807, 2.05) is 80.6 Å². The van der Waals surface area contributed by atoms with Gasteiger partial charge < -0.3 is 29.7 Å². The molecule has 3 saturated heterocycles. The number of amides is 4. The van der Waals surface area contributed by atoms with Gasteiger partial charge in [0.1, 0.15) is 30.5 Å². The molecule has 2 atom stereocenters. The summed E-state index contributed by atoms with van der Waals surface area (Å²) in [6, 6.07) is 39.5. The van der Waals surface area contributed by atoms with Gasteiger partial charge in [-0.15, -0.1) is 0 Å². The van der Waals surface area contributed by atoms with Crippen LogP contribution in [0.4, 0.5) is 21.0 Å². The number of hydrogen-bond donors (Lipinski definition) is 4. The molecule has 3 aliphatic heterocycles.